The van der Waals surface area contributed by atoms with Crippen LogP contribution in [0.25, 0.3) is 0 Å². The first-order valence-corrected chi connectivity index (χ1v) is 8.46. The molecule has 0 aromatic rings. The average Bonchev–Trinajstić information content (AvgIpc) is 2.67. The van der Waals surface area contributed by atoms with Gasteiger partial charge in [0.1, 0.15) is 0 Å². The van der Waals surface area contributed by atoms with E-state index in [4.69, 9.17) is 0 Å². The first-order chi connectivity index (χ1) is 5.00. The summed E-state index contributed by atoms with van der Waals surface area (Å²) in [4.78, 5) is 0. The van der Waals surface area contributed by atoms with Crippen molar-refractivity contribution in [1.29, 1.82) is 0 Å². The zero-order chi connectivity index (χ0) is 7.07. The summed E-state index contributed by atoms with van der Waals surface area (Å²) in [7, 11) is 7.96. The van der Waals surface area contributed by atoms with Gasteiger partial charge in [0, 0.05) is 39.8 Å². The van der Waals surface area contributed by atoms with Gasteiger partial charge in [-0.25, -0.2) is 0 Å². The summed E-state index contributed by atoms with van der Waals surface area (Å²) < 4.78 is 0. The molecule has 2 rings (SSSR count). The van der Waals surface area contributed by atoms with Gasteiger partial charge in [-0.15, -0.1) is 0 Å². The fourth-order valence-electron chi connectivity index (χ4n) is 0.589. The Morgan fingerprint density at radius 3 is 0.909 bits per heavy atom. The van der Waals surface area contributed by atoms with E-state index in [0.717, 1.165) is 0 Å². The van der Waals surface area contributed by atoms with E-state index in [9.17, 15) is 0 Å². The molecule has 2 aliphatic rings. The maximum atomic E-state index is 1.99. The fourth-order valence-corrected chi connectivity index (χ4v) is 5.30. The molecule has 0 bridgehead atoms. The van der Waals surface area contributed by atoms with Crippen molar-refractivity contribution < 1.29 is 16.8 Å². The molecule has 2 fully saturated rings. The second-order valence-electron chi connectivity index (χ2n) is 2.00. The van der Waals surface area contributed by atoms with Crippen LogP contribution < -0.4 is 0 Å². The molecule has 0 amide bonds. The van der Waals surface area contributed by atoms with E-state index in [-0.39, 0.29) is 16.8 Å². The van der Waals surface area contributed by atoms with Gasteiger partial charge in [0.15, 0.2) is 0 Å². The molecule has 0 unspecified atom stereocenters. The summed E-state index contributed by atoms with van der Waals surface area (Å²) in [5.74, 6) is 5.52. The minimum absolute atomic E-state index is 0. The molecule has 2 heterocycles. The molecule has 0 spiro atoms. The predicted octanol–water partition coefficient (Wildman–Crippen LogP) is 3.54. The minimum atomic E-state index is 0. The van der Waals surface area contributed by atoms with Crippen molar-refractivity contribution in [2.45, 2.75) is 12.8 Å². The van der Waals surface area contributed by atoms with Crippen molar-refractivity contribution in [3.63, 3.8) is 0 Å². The van der Waals surface area contributed by atoms with Gasteiger partial charge in [0.25, 0.3) is 0 Å². The Morgan fingerprint density at radius 1 is 0.545 bits per heavy atom. The van der Waals surface area contributed by atoms with Gasteiger partial charge in [-0.05, 0) is 12.8 Å². The number of hydrogen-bond acceptors (Lipinski definition) is 4. The Bertz CT molecular complexity index is 47.8. The van der Waals surface area contributed by atoms with E-state index in [2.05, 4.69) is 0 Å². The zero-order valence-corrected chi connectivity index (χ0v) is 10.5. The van der Waals surface area contributed by atoms with Crippen LogP contribution in [0.5, 0.6) is 0 Å². The molecule has 0 aliphatic carbocycles. The van der Waals surface area contributed by atoms with Crippen LogP contribution in [0.2, 0.25) is 0 Å². The van der Waals surface area contributed by atoms with Crippen molar-refractivity contribution >= 4 is 43.2 Å². The van der Waals surface area contributed by atoms with Crippen molar-refractivity contribution in [3.8, 4) is 0 Å². The Morgan fingerprint density at radius 2 is 0.818 bits per heavy atom. The van der Waals surface area contributed by atoms with Crippen LogP contribution in [-0.2, 0) is 16.8 Å². The monoisotopic (exact) mass is 271 g/mol. The van der Waals surface area contributed by atoms with E-state index in [0.29, 0.717) is 0 Å². The second kappa shape index (κ2) is 9.99. The maximum absolute atomic E-state index is 1.99. The summed E-state index contributed by atoms with van der Waals surface area (Å²) in [5.41, 5.74) is 0. The maximum Gasteiger partial charge on any atom is 0.00450 e. The Hall–Kier alpha value is 1.91. The summed E-state index contributed by atoms with van der Waals surface area (Å²) in [6.07, 6.45) is 2.85. The molecule has 0 nitrogen and oxygen atoms in total. The van der Waals surface area contributed by atoms with Gasteiger partial charge in [-0.3, -0.25) is 0 Å². The third-order valence-electron chi connectivity index (χ3n) is 1.08. The van der Waals surface area contributed by atoms with E-state index >= 15 is 0 Å². The zero-order valence-electron chi connectivity index (χ0n) is 6.21. The largest absolute Gasteiger partial charge is 0.0941 e. The van der Waals surface area contributed by atoms with Crippen LogP contribution in [-0.4, -0.2) is 23.0 Å². The SMILES string of the molecule is C1CSSC1.C1CSSC1.[Co]. The van der Waals surface area contributed by atoms with Crippen LogP contribution in [0.15, 0.2) is 0 Å². The smallest absolute Gasteiger partial charge is 0.00450 e. The average molecular weight is 271 g/mol. The van der Waals surface area contributed by atoms with Crippen LogP contribution in [0.1, 0.15) is 12.8 Å². The summed E-state index contributed by atoms with van der Waals surface area (Å²) >= 11 is 0. The molecule has 1 radical (unpaired) electrons. The van der Waals surface area contributed by atoms with Crippen LogP contribution in [0.4, 0.5) is 0 Å². The predicted molar refractivity (Wildman–Crippen MR) is 59.1 cm³/mol. The topological polar surface area (TPSA) is 0 Å². The molecule has 0 saturated carbocycles. The van der Waals surface area contributed by atoms with Crippen LogP contribution in [0, 0.1) is 0 Å². The van der Waals surface area contributed by atoms with Gasteiger partial charge in [-0.1, -0.05) is 43.2 Å². The molecule has 2 aliphatic heterocycles. The summed E-state index contributed by atoms with van der Waals surface area (Å²) in [6, 6.07) is 0. The second-order valence-corrected chi connectivity index (χ2v) is 7.40. The Balaban J connectivity index is 0.000000167. The molecule has 5 heteroatoms. The van der Waals surface area contributed by atoms with Crippen LogP contribution >= 0.6 is 43.2 Å². The Labute approximate surface area is 95.2 Å². The molecule has 2 saturated heterocycles. The molecule has 0 aromatic heterocycles. The number of hydrogen-bond donors (Lipinski definition) is 0. The van der Waals surface area contributed by atoms with E-state index in [1.807, 2.05) is 43.2 Å². The molecule has 0 aromatic carbocycles. The summed E-state index contributed by atoms with van der Waals surface area (Å²) in [6.45, 7) is 0. The van der Waals surface area contributed by atoms with Gasteiger partial charge < -0.3 is 0 Å². The van der Waals surface area contributed by atoms with E-state index in [1.165, 1.54) is 35.9 Å². The quantitative estimate of drug-likeness (QED) is 0.618. The first kappa shape index (κ1) is 12.9. The molecule has 0 N–H and O–H groups in total. The first-order valence-electron chi connectivity index (χ1n) is 3.49. The van der Waals surface area contributed by atoms with Gasteiger partial charge in [0.2, 0.25) is 0 Å². The normalized spacial score (nSPS) is 21.8. The summed E-state index contributed by atoms with van der Waals surface area (Å²) in [5, 5.41) is 0. The minimum Gasteiger partial charge on any atom is -0.0941 e. The molecule has 69 valence electrons. The van der Waals surface area contributed by atoms with Crippen molar-refractivity contribution in [2.75, 3.05) is 23.0 Å². The van der Waals surface area contributed by atoms with Gasteiger partial charge >= 0.3 is 0 Å². The standard InChI is InChI=1S/2C3H6S2.Co/c2*1-2-4-5-3-1;/h2*1-3H2;. The molecule has 11 heavy (non-hydrogen) atoms. The molecular formula is C6H12CoS4. The Kier molecular flexibility index (Phi) is 11.7. The van der Waals surface area contributed by atoms with Gasteiger partial charge in [-0.2, -0.15) is 0 Å². The molecular weight excluding hydrogens is 259 g/mol. The van der Waals surface area contributed by atoms with E-state index < -0.39 is 0 Å². The van der Waals surface area contributed by atoms with Crippen molar-refractivity contribution in [3.05, 3.63) is 0 Å². The third-order valence-corrected chi connectivity index (χ3v) is 6.23. The molecule has 0 atom stereocenters. The van der Waals surface area contributed by atoms with Crippen LogP contribution in [0.3, 0.4) is 0 Å². The van der Waals surface area contributed by atoms with Crippen molar-refractivity contribution in [2.24, 2.45) is 0 Å². The fraction of sp³-hybridized carbons (Fsp3) is 1.00. The number of rotatable bonds is 0. The van der Waals surface area contributed by atoms with Gasteiger partial charge in [0.05, 0.1) is 0 Å². The third kappa shape index (κ3) is 8.24. The van der Waals surface area contributed by atoms with Crippen molar-refractivity contribution in [1.82, 2.24) is 0 Å². The van der Waals surface area contributed by atoms with E-state index in [1.54, 1.807) is 0 Å².